The topological polar surface area (TPSA) is 237 Å². The van der Waals surface area contributed by atoms with E-state index in [-0.39, 0.29) is 25.7 Å². The summed E-state index contributed by atoms with van der Waals surface area (Å²) < 4.78 is 69.0. The van der Waals surface area contributed by atoms with Gasteiger partial charge in [-0.1, -0.05) is 421 Å². The van der Waals surface area contributed by atoms with E-state index in [1.54, 1.807) is 0 Å². The van der Waals surface area contributed by atoms with Gasteiger partial charge in [-0.05, 0) is 49.4 Å². The maximum Gasteiger partial charge on any atom is 0.472 e. The number of hydrogen-bond acceptors (Lipinski definition) is 15. The molecular weight excluding hydrogens is 1410 g/mol. The van der Waals surface area contributed by atoms with Gasteiger partial charge in [0.2, 0.25) is 0 Å². The number of hydrogen-bond donors (Lipinski definition) is 3. The third-order valence-electron chi connectivity index (χ3n) is 21.8. The van der Waals surface area contributed by atoms with E-state index < -0.39 is 97.5 Å². The van der Waals surface area contributed by atoms with Crippen molar-refractivity contribution in [1.29, 1.82) is 0 Å². The van der Waals surface area contributed by atoms with Gasteiger partial charge in [0.05, 0.1) is 26.4 Å². The van der Waals surface area contributed by atoms with Gasteiger partial charge in [0, 0.05) is 25.7 Å². The highest BCUT2D eigenvalue weighted by Gasteiger charge is 2.31. The van der Waals surface area contributed by atoms with Crippen molar-refractivity contribution in [1.82, 2.24) is 0 Å². The molecule has 0 aliphatic heterocycles. The Bertz CT molecular complexity index is 2110. The van der Waals surface area contributed by atoms with E-state index in [0.29, 0.717) is 25.7 Å². The zero-order valence-electron chi connectivity index (χ0n) is 72.2. The van der Waals surface area contributed by atoms with E-state index in [2.05, 4.69) is 55.4 Å². The molecule has 19 heteroatoms. The fraction of sp³-hybridized carbons (Fsp3) is 0.956. The van der Waals surface area contributed by atoms with Gasteiger partial charge in [0.15, 0.2) is 12.2 Å². The molecule has 0 spiro atoms. The number of esters is 4. The molecule has 0 radical (unpaired) electrons. The van der Waals surface area contributed by atoms with E-state index in [1.807, 2.05) is 0 Å². The van der Waals surface area contributed by atoms with Gasteiger partial charge in [-0.15, -0.1) is 0 Å². The summed E-state index contributed by atoms with van der Waals surface area (Å²) in [6, 6.07) is 0. The molecule has 0 saturated heterocycles. The molecule has 648 valence electrons. The molecule has 0 amide bonds. The maximum absolute atomic E-state index is 13.2. The van der Waals surface area contributed by atoms with Gasteiger partial charge in [-0.2, -0.15) is 0 Å². The van der Waals surface area contributed by atoms with Crippen LogP contribution >= 0.6 is 15.6 Å². The second-order valence-electron chi connectivity index (χ2n) is 33.8. The molecule has 4 unspecified atom stereocenters. The first-order valence-corrected chi connectivity index (χ1v) is 49.3. The Morgan fingerprint density at radius 2 is 0.440 bits per heavy atom. The molecule has 0 rings (SSSR count). The average molecular weight is 1590 g/mol. The lowest BCUT2D eigenvalue weighted by Crippen LogP contribution is -2.30. The summed E-state index contributed by atoms with van der Waals surface area (Å²) in [5.74, 6) is 1.11. The third-order valence-corrected chi connectivity index (χ3v) is 23.7. The first kappa shape index (κ1) is 107. The van der Waals surface area contributed by atoms with Crippen LogP contribution in [0, 0.1) is 23.7 Å². The fourth-order valence-electron chi connectivity index (χ4n) is 14.0. The van der Waals surface area contributed by atoms with Crippen LogP contribution in [-0.4, -0.2) is 96.7 Å². The lowest BCUT2D eigenvalue weighted by Gasteiger charge is -2.21. The monoisotopic (exact) mass is 1590 g/mol. The number of carbonyl (C=O) groups excluding carboxylic acids is 4. The zero-order chi connectivity index (χ0) is 80.2. The standard InChI is InChI=1S/C90H176O17P2/c1-9-82(7)68-60-52-44-38-32-26-20-13-11-12-14-21-28-34-40-46-56-65-73-90(95)107-86(77-101-88(93)71-63-55-49-48-53-61-69-83(8)10-2)79-105-109(98,99)103-75-84(91)74-102-108(96,97)104-78-85(76-100-87(92)70-62-54-45-39-33-27-23-17-19-25-31-37-43-51-59-67-81(5)6)106-89(94)72-64-57-47-41-35-29-22-16-15-18-24-30-36-42-50-58-66-80(3)4/h80-86,91H,9-79H2,1-8H3,(H,96,97)(H,98,99)/t82?,83?,84-,85-,86-/m1/s1. The molecule has 0 heterocycles. The molecule has 7 atom stereocenters. The average Bonchev–Trinajstić information content (AvgIpc) is 0.899. The molecule has 0 aromatic heterocycles. The van der Waals surface area contributed by atoms with Gasteiger partial charge < -0.3 is 33.8 Å². The van der Waals surface area contributed by atoms with Crippen molar-refractivity contribution in [2.45, 2.75) is 491 Å². The highest BCUT2D eigenvalue weighted by Crippen LogP contribution is 2.45. The molecule has 0 fully saturated rings. The Morgan fingerprint density at radius 1 is 0.257 bits per heavy atom. The first-order valence-electron chi connectivity index (χ1n) is 46.3. The van der Waals surface area contributed by atoms with Crippen molar-refractivity contribution >= 4 is 39.5 Å². The molecule has 0 aliphatic carbocycles. The van der Waals surface area contributed by atoms with Crippen LogP contribution in [-0.2, 0) is 65.4 Å². The van der Waals surface area contributed by atoms with E-state index in [1.165, 1.54) is 270 Å². The smallest absolute Gasteiger partial charge is 0.462 e. The molecule has 17 nitrogen and oxygen atoms in total. The summed E-state index contributed by atoms with van der Waals surface area (Å²) in [6.45, 7) is 14.4. The highest BCUT2D eigenvalue weighted by atomic mass is 31.2. The van der Waals surface area contributed by atoms with Crippen molar-refractivity contribution in [2.24, 2.45) is 23.7 Å². The number of aliphatic hydroxyl groups excluding tert-OH is 1. The Labute approximate surface area is 670 Å². The number of unbranched alkanes of at least 4 members (excludes halogenated alkanes) is 51. The number of carbonyl (C=O) groups is 4. The molecule has 3 N–H and O–H groups in total. The van der Waals surface area contributed by atoms with Gasteiger partial charge >= 0.3 is 39.5 Å². The molecule has 0 bridgehead atoms. The highest BCUT2D eigenvalue weighted by molar-refractivity contribution is 7.47. The van der Waals surface area contributed by atoms with Gasteiger partial charge in [-0.25, -0.2) is 9.13 Å². The molecule has 0 aromatic rings. The van der Waals surface area contributed by atoms with Crippen LogP contribution in [0.3, 0.4) is 0 Å². The lowest BCUT2D eigenvalue weighted by molar-refractivity contribution is -0.161. The maximum atomic E-state index is 13.2. The van der Waals surface area contributed by atoms with E-state index in [0.717, 1.165) is 120 Å². The van der Waals surface area contributed by atoms with Crippen LogP contribution in [0.5, 0.6) is 0 Å². The molecule has 0 aliphatic rings. The first-order chi connectivity index (χ1) is 52.7. The van der Waals surface area contributed by atoms with E-state index >= 15 is 0 Å². The van der Waals surface area contributed by atoms with Crippen molar-refractivity contribution in [3.63, 3.8) is 0 Å². The van der Waals surface area contributed by atoms with Gasteiger partial charge in [0.1, 0.15) is 19.3 Å². The summed E-state index contributed by atoms with van der Waals surface area (Å²) in [6.07, 6.45) is 69.5. The number of ether oxygens (including phenoxy) is 4. The lowest BCUT2D eigenvalue weighted by atomic mass is 9.99. The number of phosphoric acid groups is 2. The summed E-state index contributed by atoms with van der Waals surface area (Å²) in [5, 5.41) is 10.7. The van der Waals surface area contributed by atoms with Crippen molar-refractivity contribution in [3.05, 3.63) is 0 Å². The van der Waals surface area contributed by atoms with E-state index in [4.69, 9.17) is 37.0 Å². The van der Waals surface area contributed by atoms with Gasteiger partial charge in [-0.3, -0.25) is 37.3 Å². The SMILES string of the molecule is CCC(C)CCCCCCCCCCCCCCCCCCCCC(=O)O[C@H](COC(=O)CCCCCCCCC(C)CC)COP(=O)(O)OC[C@H](O)COP(=O)(O)OC[C@@H](COC(=O)CCCCCCCCCCCCCCCCCC(C)C)OC(=O)CCCCCCCCCCCCCCCCCCC(C)C. The Balaban J connectivity index is 5.21. The van der Waals surface area contributed by atoms with Crippen molar-refractivity contribution in [3.8, 4) is 0 Å². The van der Waals surface area contributed by atoms with Crippen LogP contribution < -0.4 is 0 Å². The van der Waals surface area contributed by atoms with Crippen molar-refractivity contribution in [2.75, 3.05) is 39.6 Å². The molecule has 109 heavy (non-hydrogen) atoms. The van der Waals surface area contributed by atoms with Crippen LogP contribution in [0.4, 0.5) is 0 Å². The predicted molar refractivity (Wildman–Crippen MR) is 451 cm³/mol. The summed E-state index contributed by atoms with van der Waals surface area (Å²) >= 11 is 0. The number of phosphoric ester groups is 2. The summed E-state index contributed by atoms with van der Waals surface area (Å²) in [4.78, 5) is 73.4. The number of aliphatic hydroxyl groups is 1. The summed E-state index contributed by atoms with van der Waals surface area (Å²) in [7, 11) is -9.94. The van der Waals surface area contributed by atoms with Crippen LogP contribution in [0.1, 0.15) is 473 Å². The molecule has 0 aromatic carbocycles. The largest absolute Gasteiger partial charge is 0.472 e. The Hall–Kier alpha value is -1.94. The van der Waals surface area contributed by atoms with Crippen LogP contribution in [0.25, 0.3) is 0 Å². The predicted octanol–water partition coefficient (Wildman–Crippen LogP) is 27.5. The quantitative estimate of drug-likeness (QED) is 0.0222. The normalized spacial score (nSPS) is 14.4. The van der Waals surface area contributed by atoms with Crippen LogP contribution in [0.2, 0.25) is 0 Å². The summed E-state index contributed by atoms with van der Waals surface area (Å²) in [5.41, 5.74) is 0. The van der Waals surface area contributed by atoms with Crippen molar-refractivity contribution < 1.29 is 80.2 Å². The molecule has 0 saturated carbocycles. The zero-order valence-corrected chi connectivity index (χ0v) is 74.0. The van der Waals surface area contributed by atoms with Crippen LogP contribution in [0.15, 0.2) is 0 Å². The van der Waals surface area contributed by atoms with E-state index in [9.17, 15) is 43.2 Å². The molecular formula is C90H176O17P2. The Morgan fingerprint density at radius 3 is 0.651 bits per heavy atom. The Kier molecular flexibility index (Phi) is 77.2. The second kappa shape index (κ2) is 78.6. The number of rotatable bonds is 87. The van der Waals surface area contributed by atoms with Gasteiger partial charge in [0.25, 0.3) is 0 Å². The third kappa shape index (κ3) is 81.0. The fourth-order valence-corrected chi connectivity index (χ4v) is 15.5. The minimum Gasteiger partial charge on any atom is -0.462 e. The second-order valence-corrected chi connectivity index (χ2v) is 36.7. The minimum atomic E-state index is -4.97. The minimum absolute atomic E-state index is 0.107.